The molecule has 1 unspecified atom stereocenters. The van der Waals surface area contributed by atoms with Gasteiger partial charge < -0.3 is 14.2 Å². The molecule has 1 aromatic carbocycles. The third-order valence-corrected chi connectivity index (χ3v) is 2.56. The van der Waals surface area contributed by atoms with Crippen molar-refractivity contribution in [3.63, 3.8) is 0 Å². The summed E-state index contributed by atoms with van der Waals surface area (Å²) in [7, 11) is 1.60. The molecule has 0 aliphatic heterocycles. The molecule has 1 rings (SSSR count). The lowest BCUT2D eigenvalue weighted by Crippen LogP contribution is -2.45. The standard InChI is InChI=1S/C15H23NO4/c1-5-19-15(17)14(16-11(2)3)10-20-13-8-6-7-12(9-13)18-4/h6-9,11,14,16H,5,10H2,1-4H3. The van der Waals surface area contributed by atoms with Crippen LogP contribution in [-0.2, 0) is 9.53 Å². The number of carbonyl (C=O) groups is 1. The van der Waals surface area contributed by atoms with Crippen molar-refractivity contribution in [3.05, 3.63) is 24.3 Å². The minimum atomic E-state index is -0.485. The fourth-order valence-electron chi connectivity index (χ4n) is 1.70. The molecule has 1 atom stereocenters. The van der Waals surface area contributed by atoms with Crippen LogP contribution in [0.3, 0.4) is 0 Å². The van der Waals surface area contributed by atoms with Gasteiger partial charge in [-0.3, -0.25) is 10.1 Å². The second-order valence-corrected chi connectivity index (χ2v) is 4.62. The molecule has 1 N–H and O–H groups in total. The van der Waals surface area contributed by atoms with Crippen LogP contribution in [0.4, 0.5) is 0 Å². The predicted octanol–water partition coefficient (Wildman–Crippen LogP) is 2.00. The largest absolute Gasteiger partial charge is 0.497 e. The Morgan fingerprint density at radius 1 is 1.30 bits per heavy atom. The number of esters is 1. The fraction of sp³-hybridized carbons (Fsp3) is 0.533. The van der Waals surface area contributed by atoms with Crippen molar-refractivity contribution in [1.82, 2.24) is 5.32 Å². The third kappa shape index (κ3) is 5.48. The van der Waals surface area contributed by atoms with E-state index in [1.807, 2.05) is 32.0 Å². The zero-order chi connectivity index (χ0) is 15.0. The molecule has 20 heavy (non-hydrogen) atoms. The lowest BCUT2D eigenvalue weighted by atomic mass is 10.2. The Kier molecular flexibility index (Phi) is 6.87. The molecule has 0 aliphatic rings. The zero-order valence-corrected chi connectivity index (χ0v) is 12.5. The summed E-state index contributed by atoms with van der Waals surface area (Å²) in [5.41, 5.74) is 0. The number of nitrogens with one attached hydrogen (secondary N) is 1. The topological polar surface area (TPSA) is 56.8 Å². The molecule has 0 fully saturated rings. The summed E-state index contributed by atoms with van der Waals surface area (Å²) in [4.78, 5) is 11.8. The molecular formula is C15H23NO4. The molecule has 0 radical (unpaired) electrons. The number of hydrogen-bond donors (Lipinski definition) is 1. The second kappa shape index (κ2) is 8.43. The Morgan fingerprint density at radius 2 is 2.00 bits per heavy atom. The molecule has 0 saturated carbocycles. The Labute approximate surface area is 120 Å². The maximum Gasteiger partial charge on any atom is 0.326 e. The van der Waals surface area contributed by atoms with E-state index in [-0.39, 0.29) is 18.6 Å². The maximum absolute atomic E-state index is 11.8. The Balaban J connectivity index is 2.62. The summed E-state index contributed by atoms with van der Waals surface area (Å²) in [6, 6.07) is 6.95. The first-order valence-electron chi connectivity index (χ1n) is 6.76. The van der Waals surface area contributed by atoms with Gasteiger partial charge >= 0.3 is 5.97 Å². The molecule has 1 aromatic rings. The molecule has 5 nitrogen and oxygen atoms in total. The molecular weight excluding hydrogens is 258 g/mol. The maximum atomic E-state index is 11.8. The fourth-order valence-corrected chi connectivity index (χ4v) is 1.70. The number of methoxy groups -OCH3 is 1. The van der Waals surface area contributed by atoms with E-state index in [2.05, 4.69) is 5.32 Å². The van der Waals surface area contributed by atoms with Crippen LogP contribution >= 0.6 is 0 Å². The van der Waals surface area contributed by atoms with E-state index < -0.39 is 6.04 Å². The highest BCUT2D eigenvalue weighted by atomic mass is 16.5. The van der Waals surface area contributed by atoms with E-state index in [0.29, 0.717) is 18.1 Å². The normalized spacial score (nSPS) is 12.1. The summed E-state index contributed by atoms with van der Waals surface area (Å²) in [6.45, 7) is 6.29. The first kappa shape index (κ1) is 16.3. The van der Waals surface area contributed by atoms with Crippen molar-refractivity contribution in [3.8, 4) is 11.5 Å². The van der Waals surface area contributed by atoms with Crippen molar-refractivity contribution in [2.75, 3.05) is 20.3 Å². The van der Waals surface area contributed by atoms with Crippen LogP contribution in [0.2, 0.25) is 0 Å². The third-order valence-electron chi connectivity index (χ3n) is 2.56. The summed E-state index contributed by atoms with van der Waals surface area (Å²) < 4.78 is 15.8. The van der Waals surface area contributed by atoms with Gasteiger partial charge in [-0.1, -0.05) is 19.9 Å². The minimum absolute atomic E-state index is 0.165. The van der Waals surface area contributed by atoms with E-state index in [9.17, 15) is 4.79 Å². The highest BCUT2D eigenvalue weighted by molar-refractivity contribution is 5.76. The monoisotopic (exact) mass is 281 g/mol. The molecule has 0 heterocycles. The molecule has 0 amide bonds. The van der Waals surface area contributed by atoms with E-state index in [1.54, 1.807) is 20.1 Å². The lowest BCUT2D eigenvalue weighted by Gasteiger charge is -2.20. The summed E-state index contributed by atoms with van der Waals surface area (Å²) in [5, 5.41) is 3.13. The summed E-state index contributed by atoms with van der Waals surface area (Å²) >= 11 is 0. The quantitative estimate of drug-likeness (QED) is 0.739. The zero-order valence-electron chi connectivity index (χ0n) is 12.5. The molecule has 0 aromatic heterocycles. The van der Waals surface area contributed by atoms with Gasteiger partial charge in [0.15, 0.2) is 0 Å². The van der Waals surface area contributed by atoms with Crippen molar-refractivity contribution in [2.45, 2.75) is 32.9 Å². The van der Waals surface area contributed by atoms with Gasteiger partial charge in [0.25, 0.3) is 0 Å². The molecule has 0 spiro atoms. The van der Waals surface area contributed by atoms with E-state index in [4.69, 9.17) is 14.2 Å². The van der Waals surface area contributed by atoms with E-state index in [0.717, 1.165) is 0 Å². The Hall–Kier alpha value is -1.75. The van der Waals surface area contributed by atoms with Crippen molar-refractivity contribution < 1.29 is 19.0 Å². The Morgan fingerprint density at radius 3 is 2.60 bits per heavy atom. The van der Waals surface area contributed by atoms with E-state index >= 15 is 0 Å². The average Bonchev–Trinajstić information content (AvgIpc) is 2.43. The highest BCUT2D eigenvalue weighted by Crippen LogP contribution is 2.19. The van der Waals surface area contributed by atoms with Crippen LogP contribution < -0.4 is 14.8 Å². The minimum Gasteiger partial charge on any atom is -0.497 e. The van der Waals surface area contributed by atoms with Crippen molar-refractivity contribution in [1.29, 1.82) is 0 Å². The van der Waals surface area contributed by atoms with Crippen LogP contribution in [-0.4, -0.2) is 38.4 Å². The smallest absolute Gasteiger partial charge is 0.326 e. The van der Waals surface area contributed by atoms with Gasteiger partial charge in [-0.15, -0.1) is 0 Å². The van der Waals surface area contributed by atoms with E-state index in [1.165, 1.54) is 0 Å². The highest BCUT2D eigenvalue weighted by Gasteiger charge is 2.21. The SMILES string of the molecule is CCOC(=O)C(COc1cccc(OC)c1)NC(C)C. The van der Waals surface area contributed by atoms with Crippen LogP contribution in [0.1, 0.15) is 20.8 Å². The lowest BCUT2D eigenvalue weighted by molar-refractivity contribution is -0.146. The van der Waals surface area contributed by atoms with Gasteiger partial charge in [-0.2, -0.15) is 0 Å². The Bertz CT molecular complexity index is 420. The van der Waals surface area contributed by atoms with Crippen LogP contribution in [0.15, 0.2) is 24.3 Å². The number of hydrogen-bond acceptors (Lipinski definition) is 5. The van der Waals surface area contributed by atoms with Gasteiger partial charge in [0.1, 0.15) is 24.1 Å². The molecule has 112 valence electrons. The van der Waals surface area contributed by atoms with Gasteiger partial charge in [0.2, 0.25) is 0 Å². The van der Waals surface area contributed by atoms with Crippen molar-refractivity contribution in [2.24, 2.45) is 0 Å². The van der Waals surface area contributed by atoms with Crippen LogP contribution in [0, 0.1) is 0 Å². The molecule has 5 heteroatoms. The van der Waals surface area contributed by atoms with Crippen LogP contribution in [0.25, 0.3) is 0 Å². The average molecular weight is 281 g/mol. The summed E-state index contributed by atoms with van der Waals surface area (Å²) in [5.74, 6) is 1.07. The second-order valence-electron chi connectivity index (χ2n) is 4.62. The number of benzene rings is 1. The number of carbonyl (C=O) groups excluding carboxylic acids is 1. The predicted molar refractivity (Wildman–Crippen MR) is 77.2 cm³/mol. The first-order valence-corrected chi connectivity index (χ1v) is 6.76. The first-order chi connectivity index (χ1) is 9.56. The molecule has 0 aliphatic carbocycles. The number of ether oxygens (including phenoxy) is 3. The molecule has 0 saturated heterocycles. The number of rotatable bonds is 8. The van der Waals surface area contributed by atoms with Gasteiger partial charge in [0.05, 0.1) is 13.7 Å². The van der Waals surface area contributed by atoms with Gasteiger partial charge in [-0.25, -0.2) is 0 Å². The van der Waals surface area contributed by atoms with Crippen LogP contribution in [0.5, 0.6) is 11.5 Å². The van der Waals surface area contributed by atoms with Crippen molar-refractivity contribution >= 4 is 5.97 Å². The molecule has 0 bridgehead atoms. The van der Waals surface area contributed by atoms with Gasteiger partial charge in [-0.05, 0) is 19.1 Å². The van der Waals surface area contributed by atoms with Gasteiger partial charge in [0, 0.05) is 12.1 Å². The summed E-state index contributed by atoms with van der Waals surface area (Å²) in [6.07, 6.45) is 0.